The molecule has 0 aliphatic carbocycles. The number of nitrogens with one attached hydrogen (secondary N) is 1. The van der Waals surface area contributed by atoms with E-state index in [1.54, 1.807) is 12.1 Å². The standard InChI is InChI=1S/C18H15FN2O2/c1-12-7-8-15(19)16(9-12)21-17(22)10-14-11-23-18(20-14)13-5-3-2-4-6-13/h2-9,11H,10H2,1H3,(H,21,22). The van der Waals surface area contributed by atoms with Crippen LogP contribution in [0.5, 0.6) is 0 Å². The molecular formula is C18H15FN2O2. The summed E-state index contributed by atoms with van der Waals surface area (Å²) in [7, 11) is 0. The van der Waals surface area contributed by atoms with Gasteiger partial charge in [-0.2, -0.15) is 0 Å². The van der Waals surface area contributed by atoms with Crippen LogP contribution in [0.25, 0.3) is 11.5 Å². The van der Waals surface area contributed by atoms with E-state index < -0.39 is 5.82 Å². The van der Waals surface area contributed by atoms with Gasteiger partial charge in [0.05, 0.1) is 17.8 Å². The zero-order valence-electron chi connectivity index (χ0n) is 12.5. The fourth-order valence-corrected chi connectivity index (χ4v) is 2.20. The molecule has 4 nitrogen and oxygen atoms in total. The highest BCUT2D eigenvalue weighted by molar-refractivity contribution is 5.92. The van der Waals surface area contributed by atoms with Gasteiger partial charge in [-0.25, -0.2) is 9.37 Å². The van der Waals surface area contributed by atoms with E-state index in [1.165, 1.54) is 12.3 Å². The van der Waals surface area contributed by atoms with Crippen molar-refractivity contribution >= 4 is 11.6 Å². The molecule has 1 heterocycles. The van der Waals surface area contributed by atoms with Crippen LogP contribution < -0.4 is 5.32 Å². The highest BCUT2D eigenvalue weighted by Crippen LogP contribution is 2.19. The molecule has 0 spiro atoms. The minimum absolute atomic E-state index is 0.0176. The van der Waals surface area contributed by atoms with Crippen LogP contribution in [-0.2, 0) is 11.2 Å². The minimum Gasteiger partial charge on any atom is -0.444 e. The molecule has 2 aromatic carbocycles. The van der Waals surface area contributed by atoms with Crippen LogP contribution in [0.15, 0.2) is 59.2 Å². The molecule has 116 valence electrons. The van der Waals surface area contributed by atoms with E-state index in [2.05, 4.69) is 10.3 Å². The number of aromatic nitrogens is 1. The average molecular weight is 310 g/mol. The topological polar surface area (TPSA) is 55.1 Å². The molecule has 5 heteroatoms. The highest BCUT2D eigenvalue weighted by atomic mass is 19.1. The van der Waals surface area contributed by atoms with Crippen molar-refractivity contribution in [1.29, 1.82) is 0 Å². The third-order valence-electron chi connectivity index (χ3n) is 3.31. The molecule has 0 saturated carbocycles. The van der Waals surface area contributed by atoms with Gasteiger partial charge in [-0.05, 0) is 36.8 Å². The molecule has 0 radical (unpaired) electrons. The number of nitrogens with zero attached hydrogens (tertiary/aromatic N) is 1. The van der Waals surface area contributed by atoms with E-state index >= 15 is 0 Å². The molecule has 0 saturated heterocycles. The Morgan fingerprint density at radius 3 is 2.78 bits per heavy atom. The fraction of sp³-hybridized carbons (Fsp3) is 0.111. The molecule has 0 unspecified atom stereocenters. The number of halogens is 1. The smallest absolute Gasteiger partial charge is 0.230 e. The van der Waals surface area contributed by atoms with E-state index in [4.69, 9.17) is 4.42 Å². The molecule has 0 aliphatic heterocycles. The number of rotatable bonds is 4. The predicted molar refractivity (Wildman–Crippen MR) is 85.4 cm³/mol. The van der Waals surface area contributed by atoms with Crippen LogP contribution in [-0.4, -0.2) is 10.9 Å². The molecule has 3 rings (SSSR count). The summed E-state index contributed by atoms with van der Waals surface area (Å²) >= 11 is 0. The molecule has 1 amide bonds. The van der Waals surface area contributed by atoms with Crippen molar-refractivity contribution in [3.8, 4) is 11.5 Å². The number of hydrogen-bond acceptors (Lipinski definition) is 3. The summed E-state index contributed by atoms with van der Waals surface area (Å²) in [5.74, 6) is -0.355. The normalized spacial score (nSPS) is 10.5. The van der Waals surface area contributed by atoms with Crippen molar-refractivity contribution in [2.24, 2.45) is 0 Å². The average Bonchev–Trinajstić information content (AvgIpc) is 3.00. The second kappa shape index (κ2) is 6.44. The van der Waals surface area contributed by atoms with Crippen LogP contribution >= 0.6 is 0 Å². The first-order valence-electron chi connectivity index (χ1n) is 7.17. The monoisotopic (exact) mass is 310 g/mol. The van der Waals surface area contributed by atoms with Crippen molar-refractivity contribution in [3.05, 3.63) is 71.9 Å². The second-order valence-electron chi connectivity index (χ2n) is 5.22. The van der Waals surface area contributed by atoms with Gasteiger partial charge in [0.15, 0.2) is 0 Å². The number of carbonyl (C=O) groups excluding carboxylic acids is 1. The largest absolute Gasteiger partial charge is 0.444 e. The zero-order chi connectivity index (χ0) is 16.2. The lowest BCUT2D eigenvalue weighted by molar-refractivity contribution is -0.115. The minimum atomic E-state index is -0.464. The van der Waals surface area contributed by atoms with Gasteiger partial charge in [0, 0.05) is 5.56 Å². The third kappa shape index (κ3) is 3.63. The van der Waals surface area contributed by atoms with Crippen molar-refractivity contribution in [2.45, 2.75) is 13.3 Å². The molecule has 3 aromatic rings. The Hall–Kier alpha value is -2.95. The summed E-state index contributed by atoms with van der Waals surface area (Å²) in [4.78, 5) is 16.3. The Morgan fingerprint density at radius 1 is 1.22 bits per heavy atom. The maximum Gasteiger partial charge on any atom is 0.230 e. The Labute approximate surface area is 133 Å². The fourth-order valence-electron chi connectivity index (χ4n) is 2.20. The van der Waals surface area contributed by atoms with E-state index in [0.29, 0.717) is 11.6 Å². The molecule has 0 fully saturated rings. The summed E-state index contributed by atoms with van der Waals surface area (Å²) in [5.41, 5.74) is 2.37. The summed E-state index contributed by atoms with van der Waals surface area (Å²) in [5, 5.41) is 2.55. The first kappa shape index (κ1) is 15.0. The van der Waals surface area contributed by atoms with Gasteiger partial charge in [0.2, 0.25) is 11.8 Å². The van der Waals surface area contributed by atoms with Gasteiger partial charge in [-0.3, -0.25) is 4.79 Å². The number of aryl methyl sites for hydroxylation is 1. The lowest BCUT2D eigenvalue weighted by atomic mass is 10.2. The Kier molecular flexibility index (Phi) is 4.19. The van der Waals surface area contributed by atoms with Crippen molar-refractivity contribution < 1.29 is 13.6 Å². The predicted octanol–water partition coefficient (Wildman–Crippen LogP) is 3.97. The number of anilines is 1. The molecular weight excluding hydrogens is 295 g/mol. The van der Waals surface area contributed by atoms with E-state index in [1.807, 2.05) is 37.3 Å². The second-order valence-corrected chi connectivity index (χ2v) is 5.22. The first-order chi connectivity index (χ1) is 11.1. The Morgan fingerprint density at radius 2 is 2.00 bits per heavy atom. The molecule has 1 aromatic heterocycles. The number of hydrogen-bond donors (Lipinski definition) is 1. The molecule has 1 N–H and O–H groups in total. The maximum absolute atomic E-state index is 13.6. The molecule has 0 aliphatic rings. The maximum atomic E-state index is 13.6. The summed E-state index contributed by atoms with van der Waals surface area (Å²) in [6.07, 6.45) is 1.46. The summed E-state index contributed by atoms with van der Waals surface area (Å²) in [6.45, 7) is 1.83. The van der Waals surface area contributed by atoms with E-state index in [-0.39, 0.29) is 18.0 Å². The summed E-state index contributed by atoms with van der Waals surface area (Å²) in [6, 6.07) is 14.0. The van der Waals surface area contributed by atoms with Gasteiger partial charge in [0.25, 0.3) is 0 Å². The molecule has 0 atom stereocenters. The molecule has 23 heavy (non-hydrogen) atoms. The number of oxazole rings is 1. The van der Waals surface area contributed by atoms with E-state index in [0.717, 1.165) is 11.1 Å². The van der Waals surface area contributed by atoms with Gasteiger partial charge >= 0.3 is 0 Å². The van der Waals surface area contributed by atoms with E-state index in [9.17, 15) is 9.18 Å². The van der Waals surface area contributed by atoms with Gasteiger partial charge in [0.1, 0.15) is 12.1 Å². The summed E-state index contributed by atoms with van der Waals surface area (Å²) < 4.78 is 19.0. The highest BCUT2D eigenvalue weighted by Gasteiger charge is 2.12. The van der Waals surface area contributed by atoms with Gasteiger partial charge < -0.3 is 9.73 Å². The van der Waals surface area contributed by atoms with Gasteiger partial charge in [-0.1, -0.05) is 24.3 Å². The number of benzene rings is 2. The van der Waals surface area contributed by atoms with Gasteiger partial charge in [-0.15, -0.1) is 0 Å². The number of amides is 1. The van der Waals surface area contributed by atoms with Crippen LogP contribution in [0, 0.1) is 12.7 Å². The lowest BCUT2D eigenvalue weighted by Crippen LogP contribution is -2.15. The van der Waals surface area contributed by atoms with Crippen LogP contribution in [0.1, 0.15) is 11.3 Å². The first-order valence-corrected chi connectivity index (χ1v) is 7.17. The lowest BCUT2D eigenvalue weighted by Gasteiger charge is -2.06. The quantitative estimate of drug-likeness (QED) is 0.793. The zero-order valence-corrected chi connectivity index (χ0v) is 12.5. The molecule has 0 bridgehead atoms. The van der Waals surface area contributed by atoms with Crippen molar-refractivity contribution in [1.82, 2.24) is 4.98 Å². The Balaban J connectivity index is 1.69. The van der Waals surface area contributed by atoms with Crippen molar-refractivity contribution in [2.75, 3.05) is 5.32 Å². The third-order valence-corrected chi connectivity index (χ3v) is 3.31. The van der Waals surface area contributed by atoms with Crippen LogP contribution in [0.2, 0.25) is 0 Å². The number of carbonyl (C=O) groups is 1. The van der Waals surface area contributed by atoms with Crippen molar-refractivity contribution in [3.63, 3.8) is 0 Å². The Bertz CT molecular complexity index is 828. The van der Waals surface area contributed by atoms with Crippen LogP contribution in [0.3, 0.4) is 0 Å². The SMILES string of the molecule is Cc1ccc(F)c(NC(=O)Cc2coc(-c3ccccc3)n2)c1. The van der Waals surface area contributed by atoms with Crippen LogP contribution in [0.4, 0.5) is 10.1 Å².